The zero-order valence-electron chi connectivity index (χ0n) is 20.2. The number of rotatable bonds is 9. The highest BCUT2D eigenvalue weighted by Gasteiger charge is 2.31. The van der Waals surface area contributed by atoms with E-state index in [1.807, 2.05) is 24.3 Å². The molecule has 0 heterocycles. The van der Waals surface area contributed by atoms with Crippen LogP contribution in [0.2, 0.25) is 10.0 Å². The van der Waals surface area contributed by atoms with Gasteiger partial charge in [0.15, 0.2) is 0 Å². The number of hydrogen-bond donors (Lipinski definition) is 1. The van der Waals surface area contributed by atoms with Gasteiger partial charge in [0.1, 0.15) is 12.6 Å². The maximum atomic E-state index is 13.6. The Balaban J connectivity index is 1.88. The van der Waals surface area contributed by atoms with Gasteiger partial charge in [-0.1, -0.05) is 70.5 Å². The number of nitrogens with one attached hydrogen (secondary N) is 1. The van der Waals surface area contributed by atoms with Gasteiger partial charge in [0, 0.05) is 17.1 Å². The van der Waals surface area contributed by atoms with Crippen LogP contribution >= 0.6 is 39.1 Å². The predicted octanol–water partition coefficient (Wildman–Crippen LogP) is 5.39. The van der Waals surface area contributed by atoms with Crippen LogP contribution in [0.4, 0.5) is 5.69 Å². The van der Waals surface area contributed by atoms with Crippen molar-refractivity contribution in [1.82, 2.24) is 10.2 Å². The average molecular weight is 619 g/mol. The third-order valence-corrected chi connectivity index (χ3v) is 8.60. The maximum absolute atomic E-state index is 13.6. The topological polar surface area (TPSA) is 86.8 Å². The highest BCUT2D eigenvalue weighted by molar-refractivity contribution is 9.10. The van der Waals surface area contributed by atoms with E-state index in [0.717, 1.165) is 52.7 Å². The summed E-state index contributed by atoms with van der Waals surface area (Å²) in [5.41, 5.74) is 1.01. The van der Waals surface area contributed by atoms with Crippen LogP contribution in [0.5, 0.6) is 0 Å². The molecule has 1 fully saturated rings. The van der Waals surface area contributed by atoms with E-state index in [9.17, 15) is 18.0 Å². The van der Waals surface area contributed by atoms with Crippen molar-refractivity contribution in [3.63, 3.8) is 0 Å². The first-order valence-electron chi connectivity index (χ1n) is 11.7. The standard InChI is InChI=1S/C25H30BrCl2N3O4S/c1-17(25(33)29-20-9-4-3-5-10-20)30(15-18-7-6-8-19(26)13-18)24(32)16-31(36(2,34)35)21-11-12-22(27)23(28)14-21/h6-8,11-14,17,20H,3-5,9-10,15-16H2,1-2H3,(H,29,33)/t17-/m0/s1. The molecule has 11 heteroatoms. The summed E-state index contributed by atoms with van der Waals surface area (Å²) in [7, 11) is -3.85. The van der Waals surface area contributed by atoms with Crippen molar-refractivity contribution >= 4 is 66.7 Å². The minimum Gasteiger partial charge on any atom is -0.352 e. The monoisotopic (exact) mass is 617 g/mol. The number of nitrogens with zero attached hydrogens (tertiary/aromatic N) is 2. The van der Waals surface area contributed by atoms with E-state index < -0.39 is 28.5 Å². The molecule has 1 N–H and O–H groups in total. The van der Waals surface area contributed by atoms with Crippen molar-refractivity contribution in [2.24, 2.45) is 0 Å². The van der Waals surface area contributed by atoms with Gasteiger partial charge in [0.25, 0.3) is 0 Å². The summed E-state index contributed by atoms with van der Waals surface area (Å²) in [6.45, 7) is 1.31. The Morgan fingerprint density at radius 2 is 1.78 bits per heavy atom. The van der Waals surface area contributed by atoms with Crippen molar-refractivity contribution < 1.29 is 18.0 Å². The van der Waals surface area contributed by atoms with Crippen LogP contribution in [0.3, 0.4) is 0 Å². The van der Waals surface area contributed by atoms with Crippen LogP contribution in [-0.4, -0.2) is 50.0 Å². The van der Waals surface area contributed by atoms with Gasteiger partial charge in [-0.3, -0.25) is 13.9 Å². The van der Waals surface area contributed by atoms with E-state index in [0.29, 0.717) is 0 Å². The Labute approximate surface area is 231 Å². The van der Waals surface area contributed by atoms with Gasteiger partial charge in [-0.15, -0.1) is 0 Å². The summed E-state index contributed by atoms with van der Waals surface area (Å²) in [4.78, 5) is 28.2. The number of amides is 2. The van der Waals surface area contributed by atoms with Crippen molar-refractivity contribution in [2.45, 2.75) is 57.7 Å². The van der Waals surface area contributed by atoms with Crippen LogP contribution in [0.15, 0.2) is 46.9 Å². The molecule has 0 radical (unpaired) electrons. The van der Waals surface area contributed by atoms with Gasteiger partial charge in [-0.2, -0.15) is 0 Å². The predicted molar refractivity (Wildman–Crippen MR) is 148 cm³/mol. The molecule has 2 aromatic rings. The highest BCUT2D eigenvalue weighted by atomic mass is 79.9. The van der Waals surface area contributed by atoms with E-state index in [4.69, 9.17) is 23.2 Å². The molecule has 3 rings (SSSR count). The van der Waals surface area contributed by atoms with Crippen molar-refractivity contribution in [2.75, 3.05) is 17.1 Å². The van der Waals surface area contributed by atoms with Gasteiger partial charge < -0.3 is 10.2 Å². The first-order chi connectivity index (χ1) is 17.0. The molecule has 196 valence electrons. The molecular formula is C25H30BrCl2N3O4S. The van der Waals surface area contributed by atoms with E-state index in [1.54, 1.807) is 6.92 Å². The molecular weight excluding hydrogens is 589 g/mol. The summed E-state index contributed by atoms with van der Waals surface area (Å²) < 4.78 is 27.1. The van der Waals surface area contributed by atoms with Crippen molar-refractivity contribution in [3.8, 4) is 0 Å². The Morgan fingerprint density at radius 1 is 1.08 bits per heavy atom. The lowest BCUT2D eigenvalue weighted by atomic mass is 9.95. The van der Waals surface area contributed by atoms with E-state index in [-0.39, 0.29) is 34.2 Å². The molecule has 0 bridgehead atoms. The van der Waals surface area contributed by atoms with Crippen molar-refractivity contribution in [3.05, 3.63) is 62.5 Å². The summed E-state index contributed by atoms with van der Waals surface area (Å²) >= 11 is 15.5. The summed E-state index contributed by atoms with van der Waals surface area (Å²) in [5, 5.41) is 3.51. The largest absolute Gasteiger partial charge is 0.352 e. The average Bonchev–Trinajstić information content (AvgIpc) is 2.82. The molecule has 1 aliphatic carbocycles. The fourth-order valence-electron chi connectivity index (χ4n) is 4.24. The molecule has 1 aliphatic rings. The highest BCUT2D eigenvalue weighted by Crippen LogP contribution is 2.29. The quantitative estimate of drug-likeness (QED) is 0.408. The van der Waals surface area contributed by atoms with Crippen LogP contribution in [0.1, 0.15) is 44.6 Å². The second kappa shape index (κ2) is 12.6. The minimum absolute atomic E-state index is 0.0836. The summed E-state index contributed by atoms with van der Waals surface area (Å²) in [5.74, 6) is -0.775. The van der Waals surface area contributed by atoms with Gasteiger partial charge in [-0.25, -0.2) is 8.42 Å². The lowest BCUT2D eigenvalue weighted by molar-refractivity contribution is -0.139. The Kier molecular flexibility index (Phi) is 10.1. The van der Waals surface area contributed by atoms with Crippen LogP contribution in [0.25, 0.3) is 0 Å². The van der Waals surface area contributed by atoms with Gasteiger partial charge >= 0.3 is 0 Å². The number of benzene rings is 2. The van der Waals surface area contributed by atoms with E-state index in [1.165, 1.54) is 23.1 Å². The fraction of sp³-hybridized carbons (Fsp3) is 0.440. The smallest absolute Gasteiger partial charge is 0.244 e. The van der Waals surface area contributed by atoms with Gasteiger partial charge in [-0.05, 0) is 55.7 Å². The molecule has 1 atom stereocenters. The fourth-order valence-corrected chi connectivity index (χ4v) is 5.82. The summed E-state index contributed by atoms with van der Waals surface area (Å²) in [6, 6.07) is 11.0. The number of anilines is 1. The Bertz CT molecular complexity index is 1210. The van der Waals surface area contributed by atoms with Crippen LogP contribution in [0, 0.1) is 0 Å². The van der Waals surface area contributed by atoms with E-state index >= 15 is 0 Å². The summed E-state index contributed by atoms with van der Waals surface area (Å²) in [6.07, 6.45) is 6.13. The number of sulfonamides is 1. The molecule has 2 aromatic carbocycles. The Hall–Kier alpha value is -1.81. The molecule has 36 heavy (non-hydrogen) atoms. The number of carbonyl (C=O) groups excluding carboxylic acids is 2. The van der Waals surface area contributed by atoms with Crippen LogP contribution in [-0.2, 0) is 26.2 Å². The molecule has 0 spiro atoms. The zero-order chi connectivity index (χ0) is 26.5. The van der Waals surface area contributed by atoms with E-state index in [2.05, 4.69) is 21.2 Å². The molecule has 0 unspecified atom stereocenters. The zero-order valence-corrected chi connectivity index (χ0v) is 24.1. The second-order valence-corrected chi connectivity index (χ2v) is 12.7. The lowest BCUT2D eigenvalue weighted by Crippen LogP contribution is -2.52. The SMILES string of the molecule is C[C@@H](C(=O)NC1CCCCC1)N(Cc1cccc(Br)c1)C(=O)CN(c1ccc(Cl)c(Cl)c1)S(C)(=O)=O. The molecule has 0 aliphatic heterocycles. The first-order valence-corrected chi connectivity index (χ1v) is 15.1. The number of carbonyl (C=O) groups is 2. The lowest BCUT2D eigenvalue weighted by Gasteiger charge is -2.33. The molecule has 2 amide bonds. The maximum Gasteiger partial charge on any atom is 0.244 e. The van der Waals surface area contributed by atoms with Crippen molar-refractivity contribution in [1.29, 1.82) is 0 Å². The molecule has 0 saturated heterocycles. The minimum atomic E-state index is -3.85. The van der Waals surface area contributed by atoms with Crippen LogP contribution < -0.4 is 9.62 Å². The van der Waals surface area contributed by atoms with Gasteiger partial charge in [0.2, 0.25) is 21.8 Å². The second-order valence-electron chi connectivity index (χ2n) is 9.04. The molecule has 1 saturated carbocycles. The Morgan fingerprint density at radius 3 is 2.39 bits per heavy atom. The van der Waals surface area contributed by atoms with Gasteiger partial charge in [0.05, 0.1) is 22.0 Å². The normalized spacial score (nSPS) is 15.2. The third kappa shape index (κ3) is 7.84. The first kappa shape index (κ1) is 28.8. The molecule has 7 nitrogen and oxygen atoms in total. The number of hydrogen-bond acceptors (Lipinski definition) is 4. The molecule has 0 aromatic heterocycles. The third-order valence-electron chi connectivity index (χ3n) is 6.23. The number of halogens is 3.